The number of anilines is 1. The zero-order valence-corrected chi connectivity index (χ0v) is 23.0. The number of aryl methyl sites for hydroxylation is 2. The first-order valence-corrected chi connectivity index (χ1v) is 13.4. The molecule has 3 heterocycles. The van der Waals surface area contributed by atoms with Crippen molar-refractivity contribution in [3.8, 4) is 28.7 Å². The number of methoxy groups -OCH3 is 3. The van der Waals surface area contributed by atoms with E-state index in [-0.39, 0.29) is 11.4 Å². The van der Waals surface area contributed by atoms with Gasteiger partial charge < -0.3 is 14.2 Å². The van der Waals surface area contributed by atoms with Gasteiger partial charge >= 0.3 is 0 Å². The SMILES string of the molecule is COc1cccc(OC)c1-n1c(NSC(C)C(OC)c2ncc(C)cn2)nnc1-c1n[nH]c2c1CCCC2. The second kappa shape index (κ2) is 11.4. The van der Waals surface area contributed by atoms with Crippen molar-refractivity contribution in [2.75, 3.05) is 26.1 Å². The Labute approximate surface area is 225 Å². The second-order valence-electron chi connectivity index (χ2n) is 9.13. The van der Waals surface area contributed by atoms with Crippen molar-refractivity contribution >= 4 is 17.9 Å². The fraction of sp³-hybridized carbons (Fsp3) is 0.423. The van der Waals surface area contributed by atoms with Crippen LogP contribution in [0.1, 0.15) is 48.5 Å². The van der Waals surface area contributed by atoms with Crippen LogP contribution in [0.4, 0.5) is 5.95 Å². The predicted octanol–water partition coefficient (Wildman–Crippen LogP) is 4.49. The van der Waals surface area contributed by atoms with Gasteiger partial charge in [-0.1, -0.05) is 6.07 Å². The maximum atomic E-state index is 5.76. The van der Waals surface area contributed by atoms with Crippen molar-refractivity contribution < 1.29 is 14.2 Å². The third-order valence-corrected chi connectivity index (χ3v) is 7.55. The van der Waals surface area contributed by atoms with Crippen molar-refractivity contribution in [1.82, 2.24) is 34.9 Å². The summed E-state index contributed by atoms with van der Waals surface area (Å²) in [4.78, 5) is 8.92. The molecule has 11 nitrogen and oxygen atoms in total. The molecule has 0 bridgehead atoms. The fourth-order valence-electron chi connectivity index (χ4n) is 4.70. The van der Waals surface area contributed by atoms with E-state index < -0.39 is 0 Å². The number of aromatic nitrogens is 7. The van der Waals surface area contributed by atoms with E-state index in [0.29, 0.717) is 34.8 Å². The molecule has 5 rings (SSSR count). The van der Waals surface area contributed by atoms with Crippen LogP contribution in [0.25, 0.3) is 17.2 Å². The van der Waals surface area contributed by atoms with Crippen LogP contribution in [0.3, 0.4) is 0 Å². The van der Waals surface area contributed by atoms with Gasteiger partial charge in [0.25, 0.3) is 0 Å². The average molecular weight is 537 g/mol. The van der Waals surface area contributed by atoms with Crippen LogP contribution in [0.15, 0.2) is 30.6 Å². The summed E-state index contributed by atoms with van der Waals surface area (Å²) in [5.74, 6) is 2.98. The lowest BCUT2D eigenvalue weighted by molar-refractivity contribution is 0.0972. The Hall–Kier alpha value is -3.64. The molecule has 4 aromatic rings. The van der Waals surface area contributed by atoms with E-state index in [9.17, 15) is 0 Å². The maximum absolute atomic E-state index is 5.76. The first kappa shape index (κ1) is 26.0. The molecule has 1 aromatic carbocycles. The van der Waals surface area contributed by atoms with Gasteiger partial charge in [-0.3, -0.25) is 14.4 Å². The number of benzene rings is 1. The third-order valence-electron chi connectivity index (χ3n) is 6.63. The highest BCUT2D eigenvalue weighted by molar-refractivity contribution is 8.01. The van der Waals surface area contributed by atoms with Crippen molar-refractivity contribution in [2.24, 2.45) is 0 Å². The zero-order valence-electron chi connectivity index (χ0n) is 22.2. The van der Waals surface area contributed by atoms with E-state index in [2.05, 4.69) is 35.1 Å². The van der Waals surface area contributed by atoms with E-state index in [0.717, 1.165) is 42.6 Å². The summed E-state index contributed by atoms with van der Waals surface area (Å²) < 4.78 is 22.6. The molecule has 0 aliphatic heterocycles. The van der Waals surface area contributed by atoms with Gasteiger partial charge in [-0.2, -0.15) is 5.10 Å². The minimum Gasteiger partial charge on any atom is -0.494 e. The third kappa shape index (κ3) is 4.93. The minimum absolute atomic E-state index is 0.0611. The zero-order chi connectivity index (χ0) is 26.6. The van der Waals surface area contributed by atoms with Gasteiger partial charge in [-0.15, -0.1) is 10.2 Å². The molecule has 0 amide bonds. The first-order valence-electron chi connectivity index (χ1n) is 12.5. The number of para-hydroxylation sites is 1. The summed E-state index contributed by atoms with van der Waals surface area (Å²) >= 11 is 1.45. The molecule has 0 radical (unpaired) electrons. The molecule has 12 heteroatoms. The van der Waals surface area contributed by atoms with E-state index >= 15 is 0 Å². The molecule has 200 valence electrons. The Balaban J connectivity index is 1.54. The van der Waals surface area contributed by atoms with Gasteiger partial charge in [0.05, 0.1) is 19.5 Å². The highest BCUT2D eigenvalue weighted by Crippen LogP contribution is 2.40. The maximum Gasteiger partial charge on any atom is 0.239 e. The Kier molecular flexibility index (Phi) is 7.79. The molecule has 0 fully saturated rings. The highest BCUT2D eigenvalue weighted by atomic mass is 32.2. The number of nitrogens with zero attached hydrogens (tertiary/aromatic N) is 6. The van der Waals surface area contributed by atoms with Crippen LogP contribution in [0, 0.1) is 6.92 Å². The van der Waals surface area contributed by atoms with Crippen molar-refractivity contribution in [1.29, 1.82) is 0 Å². The lowest BCUT2D eigenvalue weighted by atomic mass is 9.96. The Morgan fingerprint density at radius 2 is 1.74 bits per heavy atom. The molecule has 0 spiro atoms. The molecule has 0 saturated carbocycles. The Bertz CT molecular complexity index is 1370. The van der Waals surface area contributed by atoms with E-state index in [4.69, 9.17) is 14.2 Å². The number of ether oxygens (including phenoxy) is 3. The van der Waals surface area contributed by atoms with Crippen LogP contribution in [-0.4, -0.2) is 61.5 Å². The minimum atomic E-state index is -0.330. The normalized spacial score (nSPS) is 14.6. The molecule has 3 aromatic heterocycles. The quantitative estimate of drug-likeness (QED) is 0.280. The number of fused-ring (bicyclic) bond motifs is 1. The largest absolute Gasteiger partial charge is 0.494 e. The van der Waals surface area contributed by atoms with Crippen molar-refractivity contribution in [3.63, 3.8) is 0 Å². The molecular formula is C26H32N8O3S. The topological polar surface area (TPSA) is 125 Å². The highest BCUT2D eigenvalue weighted by Gasteiger charge is 2.29. The average Bonchev–Trinajstić information content (AvgIpc) is 3.56. The first-order chi connectivity index (χ1) is 18.5. The van der Waals surface area contributed by atoms with Gasteiger partial charge in [-0.25, -0.2) is 9.97 Å². The van der Waals surface area contributed by atoms with Crippen molar-refractivity contribution in [2.45, 2.75) is 50.9 Å². The van der Waals surface area contributed by atoms with Crippen LogP contribution in [-0.2, 0) is 17.6 Å². The van der Waals surface area contributed by atoms with E-state index in [1.54, 1.807) is 33.7 Å². The predicted molar refractivity (Wildman–Crippen MR) is 146 cm³/mol. The summed E-state index contributed by atoms with van der Waals surface area (Å²) in [7, 11) is 4.92. The number of hydrogen-bond acceptors (Lipinski definition) is 10. The van der Waals surface area contributed by atoms with Gasteiger partial charge in [-0.05, 0) is 69.2 Å². The molecule has 0 saturated heterocycles. The second-order valence-corrected chi connectivity index (χ2v) is 10.3. The molecule has 1 aliphatic rings. The molecular weight excluding hydrogens is 504 g/mol. The smallest absolute Gasteiger partial charge is 0.239 e. The summed E-state index contributed by atoms with van der Waals surface area (Å²) in [6.45, 7) is 4.00. The van der Waals surface area contributed by atoms with Gasteiger partial charge in [0.1, 0.15) is 29.0 Å². The number of aromatic amines is 1. The van der Waals surface area contributed by atoms with Crippen LogP contribution >= 0.6 is 11.9 Å². The van der Waals surface area contributed by atoms with Crippen LogP contribution in [0.5, 0.6) is 11.5 Å². The number of H-pyrrole nitrogens is 1. The standard InChI is InChI=1S/C26H32N8O3S/c1-15-13-27-24(28-14-15)23(37-5)16(2)38-33-26-32-31-25(21-17-9-6-7-10-18(17)29-30-21)34(26)22-19(35-3)11-8-12-20(22)36-4/h8,11-14,16,23H,6-7,9-10H2,1-5H3,(H,29,30)(H,32,33). The molecule has 2 unspecified atom stereocenters. The molecule has 2 atom stereocenters. The summed E-state index contributed by atoms with van der Waals surface area (Å²) in [6, 6.07) is 5.66. The van der Waals surface area contributed by atoms with Crippen LogP contribution in [0.2, 0.25) is 0 Å². The van der Waals surface area contributed by atoms with Gasteiger partial charge in [0.15, 0.2) is 11.6 Å². The lowest BCUT2D eigenvalue weighted by Gasteiger charge is -2.22. The molecule has 2 N–H and O–H groups in total. The van der Waals surface area contributed by atoms with Crippen molar-refractivity contribution in [3.05, 3.63) is 53.2 Å². The summed E-state index contributed by atoms with van der Waals surface area (Å²) in [5.41, 5.74) is 4.81. The number of rotatable bonds is 10. The van der Waals surface area contributed by atoms with Crippen LogP contribution < -0.4 is 14.2 Å². The Morgan fingerprint density at radius 1 is 1.03 bits per heavy atom. The summed E-state index contributed by atoms with van der Waals surface area (Å²) in [5, 5.41) is 16.9. The fourth-order valence-corrected chi connectivity index (χ4v) is 5.48. The Morgan fingerprint density at radius 3 is 2.42 bits per heavy atom. The number of hydrogen-bond donors (Lipinski definition) is 2. The van der Waals surface area contributed by atoms with Gasteiger partial charge in [0, 0.05) is 30.8 Å². The number of nitrogens with one attached hydrogen (secondary N) is 2. The van der Waals surface area contributed by atoms with E-state index in [1.807, 2.05) is 36.6 Å². The van der Waals surface area contributed by atoms with Gasteiger partial charge in [0.2, 0.25) is 5.95 Å². The monoisotopic (exact) mass is 536 g/mol. The van der Waals surface area contributed by atoms with E-state index in [1.165, 1.54) is 17.5 Å². The molecule has 38 heavy (non-hydrogen) atoms. The summed E-state index contributed by atoms with van der Waals surface area (Å²) in [6.07, 6.45) is 7.44. The molecule has 1 aliphatic carbocycles. The lowest BCUT2D eigenvalue weighted by Crippen LogP contribution is -2.19.